The minimum absolute atomic E-state index is 0.178. The van der Waals surface area contributed by atoms with Gasteiger partial charge in [-0.1, -0.05) is 246 Å². The van der Waals surface area contributed by atoms with Gasteiger partial charge >= 0.3 is 0 Å². The molecule has 5 aliphatic carbocycles. The third kappa shape index (κ3) is 8.80. The molecular formula is C89H76N2. The van der Waals surface area contributed by atoms with Gasteiger partial charge in [0.15, 0.2) is 0 Å². The molecule has 0 radical (unpaired) electrons. The molecule has 2 nitrogen and oxygen atoms in total. The average molecular weight is 1170 g/mol. The van der Waals surface area contributed by atoms with Crippen LogP contribution in [0.5, 0.6) is 0 Å². The SMILES string of the molecule is CCCCC1(CCCC)c2cc(N(c3ccccc3)c3ccc(CC4(c5ccc6c(c5)CC6)c5ccccc5-c5ccccc54)cc3)ccc2-c2ccc(N(c3ccccc3)c3ccc(CC4(c5ccc6c(c5)CC6)c5ccccc5-c5ccccc54)cc3)cc21. The van der Waals surface area contributed by atoms with Gasteiger partial charge in [-0.25, -0.2) is 0 Å². The quantitative estimate of drug-likeness (QED) is 0.0845. The van der Waals surface area contributed by atoms with Crippen LogP contribution in [0.2, 0.25) is 0 Å². The summed E-state index contributed by atoms with van der Waals surface area (Å²) in [4.78, 5) is 5.01. The molecule has 0 spiro atoms. The topological polar surface area (TPSA) is 6.48 Å². The molecule has 12 aromatic carbocycles. The van der Waals surface area contributed by atoms with Gasteiger partial charge in [0.25, 0.3) is 0 Å². The first-order chi connectivity index (χ1) is 45.0. The van der Waals surface area contributed by atoms with Gasteiger partial charge in [0.2, 0.25) is 0 Å². The van der Waals surface area contributed by atoms with Gasteiger partial charge in [0.05, 0.1) is 10.8 Å². The van der Waals surface area contributed by atoms with Crippen molar-refractivity contribution < 1.29 is 0 Å². The fourth-order valence-corrected chi connectivity index (χ4v) is 17.3. The lowest BCUT2D eigenvalue weighted by Gasteiger charge is -2.35. The molecule has 0 amide bonds. The van der Waals surface area contributed by atoms with Crippen molar-refractivity contribution in [2.75, 3.05) is 9.80 Å². The largest absolute Gasteiger partial charge is 0.310 e. The smallest absolute Gasteiger partial charge is 0.0503 e. The molecule has 0 aromatic heterocycles. The van der Waals surface area contributed by atoms with Crippen molar-refractivity contribution >= 4 is 34.1 Å². The number of anilines is 6. The Morgan fingerprint density at radius 1 is 0.275 bits per heavy atom. The van der Waals surface area contributed by atoms with Crippen LogP contribution in [-0.4, -0.2) is 0 Å². The maximum atomic E-state index is 2.59. The van der Waals surface area contributed by atoms with Crippen LogP contribution in [0.4, 0.5) is 34.1 Å². The number of hydrogen-bond donors (Lipinski definition) is 0. The van der Waals surface area contributed by atoms with Gasteiger partial charge in [-0.05, 0) is 235 Å². The van der Waals surface area contributed by atoms with Crippen molar-refractivity contribution in [1.82, 2.24) is 0 Å². The highest BCUT2D eigenvalue weighted by molar-refractivity contribution is 5.90. The number of fused-ring (bicyclic) bond motifs is 11. The third-order valence-electron chi connectivity index (χ3n) is 22.0. The highest BCUT2D eigenvalue weighted by atomic mass is 15.1. The number of rotatable bonds is 18. The maximum absolute atomic E-state index is 2.59. The first-order valence-electron chi connectivity index (χ1n) is 33.8. The Hall–Kier alpha value is -9.76. The average Bonchev–Trinajstić information content (AvgIpc) is 1.60. The molecule has 0 heterocycles. The third-order valence-corrected chi connectivity index (χ3v) is 22.0. The van der Waals surface area contributed by atoms with E-state index in [1.54, 1.807) is 0 Å². The van der Waals surface area contributed by atoms with Gasteiger partial charge in [0, 0.05) is 39.5 Å². The molecule has 0 saturated carbocycles. The van der Waals surface area contributed by atoms with Crippen LogP contribution in [0.25, 0.3) is 33.4 Å². The molecular weight excluding hydrogens is 1100 g/mol. The summed E-state index contributed by atoms with van der Waals surface area (Å²) in [6.45, 7) is 4.73. The number of unbranched alkanes of at least 4 members (excludes halogenated alkanes) is 2. The van der Waals surface area contributed by atoms with Crippen LogP contribution in [0.3, 0.4) is 0 Å². The van der Waals surface area contributed by atoms with Gasteiger partial charge in [-0.15, -0.1) is 0 Å². The van der Waals surface area contributed by atoms with Crippen LogP contribution < -0.4 is 9.80 Å². The summed E-state index contributed by atoms with van der Waals surface area (Å²) in [5.74, 6) is 0. The molecule has 17 rings (SSSR count). The van der Waals surface area contributed by atoms with Crippen molar-refractivity contribution in [2.45, 2.75) is 107 Å². The number of benzene rings is 12. The van der Waals surface area contributed by atoms with E-state index in [4.69, 9.17) is 0 Å². The summed E-state index contributed by atoms with van der Waals surface area (Å²) in [5, 5.41) is 0. The van der Waals surface area contributed by atoms with Crippen LogP contribution in [-0.2, 0) is 54.8 Å². The molecule has 2 heteroatoms. The molecule has 5 aliphatic rings. The van der Waals surface area contributed by atoms with Gasteiger partial charge < -0.3 is 9.80 Å². The van der Waals surface area contributed by atoms with Crippen LogP contribution in [0, 0.1) is 0 Å². The minimum Gasteiger partial charge on any atom is -0.310 e. The molecule has 0 atom stereocenters. The second-order valence-corrected chi connectivity index (χ2v) is 26.7. The van der Waals surface area contributed by atoms with Crippen LogP contribution in [0.15, 0.2) is 279 Å². The van der Waals surface area contributed by atoms with E-state index in [0.29, 0.717) is 0 Å². The summed E-state index contributed by atoms with van der Waals surface area (Å²) in [6, 6.07) is 108. The van der Waals surface area contributed by atoms with Crippen molar-refractivity contribution in [3.63, 3.8) is 0 Å². The van der Waals surface area contributed by atoms with E-state index >= 15 is 0 Å². The van der Waals surface area contributed by atoms with Crippen LogP contribution >= 0.6 is 0 Å². The van der Waals surface area contributed by atoms with E-state index in [9.17, 15) is 0 Å². The zero-order valence-corrected chi connectivity index (χ0v) is 52.4. The zero-order valence-electron chi connectivity index (χ0n) is 52.4. The fraction of sp³-hybridized carbons (Fsp3) is 0.191. The predicted molar refractivity (Wildman–Crippen MR) is 380 cm³/mol. The van der Waals surface area contributed by atoms with E-state index < -0.39 is 0 Å². The van der Waals surface area contributed by atoms with E-state index in [-0.39, 0.29) is 16.2 Å². The Balaban J connectivity index is 0.743. The summed E-state index contributed by atoms with van der Waals surface area (Å²) < 4.78 is 0. The molecule has 0 aliphatic heterocycles. The lowest BCUT2D eigenvalue weighted by molar-refractivity contribution is 0.414. The molecule has 0 N–H and O–H groups in total. The number of nitrogens with zero attached hydrogens (tertiary/aromatic N) is 2. The highest BCUT2D eigenvalue weighted by Crippen LogP contribution is 2.59. The summed E-state index contributed by atoms with van der Waals surface area (Å²) in [7, 11) is 0. The van der Waals surface area contributed by atoms with Crippen molar-refractivity contribution in [2.24, 2.45) is 0 Å². The van der Waals surface area contributed by atoms with E-state index in [1.807, 2.05) is 0 Å². The van der Waals surface area contributed by atoms with Crippen molar-refractivity contribution in [1.29, 1.82) is 0 Å². The monoisotopic (exact) mass is 1170 g/mol. The van der Waals surface area contributed by atoms with E-state index in [0.717, 1.165) is 87.0 Å². The molecule has 0 fully saturated rings. The predicted octanol–water partition coefficient (Wildman–Crippen LogP) is 22.6. The summed E-state index contributed by atoms with van der Waals surface area (Å²) >= 11 is 0. The Morgan fingerprint density at radius 2 is 0.593 bits per heavy atom. The highest BCUT2D eigenvalue weighted by Gasteiger charge is 2.48. The minimum atomic E-state index is -0.305. The number of hydrogen-bond acceptors (Lipinski definition) is 2. The first kappa shape index (κ1) is 55.3. The van der Waals surface area contributed by atoms with Crippen LogP contribution in [0.1, 0.15) is 130 Å². The molecule has 0 unspecified atom stereocenters. The standard InChI is InChI=1S/C89H76N2/c1-3-5-53-87(54-6-4-2)85-57-73(90(69-21-9-7-10-22-69)71-45-33-61(34-46-71)59-88(67-43-41-63-37-39-65(63)55-67)81-29-17-13-25-75(81)76-26-14-18-30-82(76)88)49-51-79(85)80-52-50-74(58-86(80)87)91(70-23-11-8-12-24-70)72-47-35-62(36-48-72)60-89(68-44-42-64-38-40-66(64)56-68)83-31-19-15-27-77(83)78-28-16-20-32-84(78)89/h7-36,41-52,55-58H,3-6,37-40,53-54,59-60H2,1-2H3. The molecule has 0 bridgehead atoms. The Kier molecular flexibility index (Phi) is 13.6. The van der Waals surface area contributed by atoms with E-state index in [1.165, 1.54) is 135 Å². The molecule has 442 valence electrons. The maximum Gasteiger partial charge on any atom is 0.0503 e. The Morgan fingerprint density at radius 3 is 0.934 bits per heavy atom. The fourth-order valence-electron chi connectivity index (χ4n) is 17.3. The first-order valence-corrected chi connectivity index (χ1v) is 33.8. The van der Waals surface area contributed by atoms with Gasteiger partial charge in [-0.3, -0.25) is 0 Å². The van der Waals surface area contributed by atoms with Crippen molar-refractivity contribution in [3.8, 4) is 33.4 Å². The molecule has 91 heavy (non-hydrogen) atoms. The molecule has 12 aromatic rings. The zero-order chi connectivity index (χ0) is 60.7. The Labute approximate surface area is 538 Å². The second-order valence-electron chi connectivity index (χ2n) is 26.7. The lowest BCUT2D eigenvalue weighted by Crippen LogP contribution is -2.30. The van der Waals surface area contributed by atoms with Gasteiger partial charge in [0.1, 0.15) is 0 Å². The number of para-hydroxylation sites is 2. The molecule has 0 saturated heterocycles. The number of aryl methyl sites for hydroxylation is 4. The lowest BCUT2D eigenvalue weighted by atomic mass is 9.67. The second kappa shape index (κ2) is 22.3. The Bertz CT molecular complexity index is 4350. The van der Waals surface area contributed by atoms with Gasteiger partial charge in [-0.2, -0.15) is 0 Å². The normalized spacial score (nSPS) is 14.9. The van der Waals surface area contributed by atoms with E-state index in [2.05, 4.69) is 303 Å². The van der Waals surface area contributed by atoms with Crippen molar-refractivity contribution in [3.05, 3.63) is 357 Å². The summed E-state index contributed by atoms with van der Waals surface area (Å²) in [5.41, 5.74) is 34.4. The summed E-state index contributed by atoms with van der Waals surface area (Å²) in [6.07, 6.45) is 13.2.